The molecule has 0 bridgehead atoms. The van der Waals surface area contributed by atoms with Gasteiger partial charge < -0.3 is 5.73 Å². The Morgan fingerprint density at radius 2 is 1.83 bits per heavy atom. The van der Waals surface area contributed by atoms with Crippen molar-refractivity contribution in [1.82, 2.24) is 4.72 Å². The van der Waals surface area contributed by atoms with Crippen molar-refractivity contribution in [2.24, 2.45) is 5.73 Å². The highest BCUT2D eigenvalue weighted by Crippen LogP contribution is 2.17. The molecule has 0 saturated carbocycles. The third-order valence-electron chi connectivity index (χ3n) is 2.23. The normalized spacial score (nSPS) is 12.4. The first-order valence-corrected chi connectivity index (χ1v) is 6.96. The van der Waals surface area contributed by atoms with E-state index in [0.29, 0.717) is 5.56 Å². The molecule has 0 atom stereocenters. The summed E-state index contributed by atoms with van der Waals surface area (Å²) in [6.07, 6.45) is 0. The van der Waals surface area contributed by atoms with Gasteiger partial charge >= 0.3 is 0 Å². The number of carbonyl (C=O) groups is 1. The number of amides is 1. The Morgan fingerprint density at radius 1 is 1.28 bits per heavy atom. The Morgan fingerprint density at radius 3 is 2.28 bits per heavy atom. The lowest BCUT2D eigenvalue weighted by Gasteiger charge is -2.20. The highest BCUT2D eigenvalue weighted by molar-refractivity contribution is 7.89. The molecule has 0 aliphatic heterocycles. The van der Waals surface area contributed by atoms with Crippen molar-refractivity contribution in [2.75, 3.05) is 0 Å². The number of nitrogens with two attached hydrogens (primary N) is 1. The molecule has 0 radical (unpaired) electrons. The largest absolute Gasteiger partial charge is 0.366 e. The first-order valence-electron chi connectivity index (χ1n) is 5.47. The summed E-state index contributed by atoms with van der Waals surface area (Å²) < 4.78 is 26.7. The number of primary amides is 1. The Hall–Kier alpha value is -1.40. The molecule has 1 amide bonds. The lowest BCUT2D eigenvalue weighted by atomic mass is 10.1. The van der Waals surface area contributed by atoms with Gasteiger partial charge in [0, 0.05) is 11.1 Å². The van der Waals surface area contributed by atoms with Crippen LogP contribution in [0.3, 0.4) is 0 Å². The van der Waals surface area contributed by atoms with Crippen molar-refractivity contribution in [1.29, 1.82) is 0 Å². The number of nitrogens with one attached hydrogen (secondary N) is 1. The molecular formula is C12H18N2O3S. The van der Waals surface area contributed by atoms with Crippen LogP contribution in [0, 0.1) is 6.92 Å². The average molecular weight is 270 g/mol. The maximum atomic E-state index is 12.1. The van der Waals surface area contributed by atoms with E-state index in [1.807, 2.05) is 0 Å². The lowest BCUT2D eigenvalue weighted by Crippen LogP contribution is -2.40. The minimum Gasteiger partial charge on any atom is -0.366 e. The van der Waals surface area contributed by atoms with Gasteiger partial charge in [-0.3, -0.25) is 4.79 Å². The van der Waals surface area contributed by atoms with Crippen LogP contribution in [0.4, 0.5) is 0 Å². The summed E-state index contributed by atoms with van der Waals surface area (Å²) in [4.78, 5) is 11.2. The van der Waals surface area contributed by atoms with Gasteiger partial charge in [0.2, 0.25) is 15.9 Å². The van der Waals surface area contributed by atoms with E-state index in [9.17, 15) is 13.2 Å². The molecule has 0 aliphatic rings. The van der Waals surface area contributed by atoms with Gasteiger partial charge in [-0.2, -0.15) is 0 Å². The minimum absolute atomic E-state index is 0.0387. The zero-order chi connectivity index (χ0) is 14.1. The number of aryl methyl sites for hydroxylation is 1. The molecule has 100 valence electrons. The fourth-order valence-electron chi connectivity index (χ4n) is 1.50. The van der Waals surface area contributed by atoms with E-state index in [0.717, 1.165) is 0 Å². The van der Waals surface area contributed by atoms with Crippen molar-refractivity contribution in [3.8, 4) is 0 Å². The molecule has 1 aromatic rings. The van der Waals surface area contributed by atoms with Crippen molar-refractivity contribution in [3.63, 3.8) is 0 Å². The van der Waals surface area contributed by atoms with Crippen LogP contribution < -0.4 is 10.5 Å². The van der Waals surface area contributed by atoms with Crippen LogP contribution in [0.25, 0.3) is 0 Å². The predicted octanol–water partition coefficient (Wildman–Crippen LogP) is 1.17. The van der Waals surface area contributed by atoms with E-state index in [2.05, 4.69) is 4.72 Å². The molecule has 1 rings (SSSR count). The zero-order valence-corrected chi connectivity index (χ0v) is 11.8. The van der Waals surface area contributed by atoms with E-state index in [-0.39, 0.29) is 10.5 Å². The molecule has 0 saturated heterocycles. The third kappa shape index (κ3) is 3.54. The first kappa shape index (κ1) is 14.7. The molecule has 18 heavy (non-hydrogen) atoms. The second-order valence-electron chi connectivity index (χ2n) is 5.20. The maximum absolute atomic E-state index is 12.1. The topological polar surface area (TPSA) is 89.3 Å². The second-order valence-corrected chi connectivity index (χ2v) is 6.88. The zero-order valence-electron chi connectivity index (χ0n) is 10.9. The monoisotopic (exact) mass is 270 g/mol. The number of hydrogen-bond donors (Lipinski definition) is 2. The van der Waals surface area contributed by atoms with E-state index in [4.69, 9.17) is 5.73 Å². The lowest BCUT2D eigenvalue weighted by molar-refractivity contribution is 0.0999. The van der Waals surface area contributed by atoms with Crippen LogP contribution in [0.15, 0.2) is 23.1 Å². The summed E-state index contributed by atoms with van der Waals surface area (Å²) in [7, 11) is -3.65. The van der Waals surface area contributed by atoms with Crippen LogP contribution in [0.2, 0.25) is 0 Å². The van der Waals surface area contributed by atoms with E-state index < -0.39 is 21.5 Å². The number of benzene rings is 1. The van der Waals surface area contributed by atoms with Gasteiger partial charge in [0.05, 0.1) is 4.90 Å². The molecule has 5 nitrogen and oxygen atoms in total. The van der Waals surface area contributed by atoms with E-state index >= 15 is 0 Å². The summed E-state index contributed by atoms with van der Waals surface area (Å²) in [5.74, 6) is -0.639. The van der Waals surface area contributed by atoms with Crippen LogP contribution in [0.5, 0.6) is 0 Å². The van der Waals surface area contributed by atoms with Crippen LogP contribution >= 0.6 is 0 Å². The molecule has 0 heterocycles. The van der Waals surface area contributed by atoms with E-state index in [1.54, 1.807) is 33.8 Å². The quantitative estimate of drug-likeness (QED) is 0.864. The SMILES string of the molecule is Cc1ccc(S(=O)(=O)NC(C)(C)C)cc1C(N)=O. The summed E-state index contributed by atoms with van der Waals surface area (Å²) in [6, 6.07) is 4.32. The molecule has 0 aromatic heterocycles. The highest BCUT2D eigenvalue weighted by atomic mass is 32.2. The first-order chi connectivity index (χ1) is 8.03. The van der Waals surface area contributed by atoms with Gasteiger partial charge in [-0.1, -0.05) is 6.07 Å². The van der Waals surface area contributed by atoms with Gasteiger partial charge in [0.15, 0.2) is 0 Å². The van der Waals surface area contributed by atoms with Crippen LogP contribution in [-0.2, 0) is 10.0 Å². The van der Waals surface area contributed by atoms with Gasteiger partial charge in [-0.05, 0) is 45.4 Å². The fourth-order valence-corrected chi connectivity index (χ4v) is 2.94. The van der Waals surface area contributed by atoms with Crippen molar-refractivity contribution in [2.45, 2.75) is 38.1 Å². The number of hydrogen-bond acceptors (Lipinski definition) is 3. The second kappa shape index (κ2) is 4.70. The van der Waals surface area contributed by atoms with Gasteiger partial charge in [0.1, 0.15) is 0 Å². The Kier molecular flexibility index (Phi) is 3.83. The molecular weight excluding hydrogens is 252 g/mol. The van der Waals surface area contributed by atoms with Gasteiger partial charge in [0.25, 0.3) is 0 Å². The number of rotatable bonds is 3. The third-order valence-corrected chi connectivity index (χ3v) is 3.98. The Balaban J connectivity index is 3.27. The average Bonchev–Trinajstić information content (AvgIpc) is 2.13. The molecule has 6 heteroatoms. The molecule has 1 aromatic carbocycles. The summed E-state index contributed by atoms with van der Waals surface area (Å²) >= 11 is 0. The number of sulfonamides is 1. The molecule has 0 spiro atoms. The summed E-state index contributed by atoms with van der Waals surface area (Å²) in [5, 5.41) is 0. The van der Waals surface area contributed by atoms with Crippen molar-refractivity contribution < 1.29 is 13.2 Å². The van der Waals surface area contributed by atoms with Crippen molar-refractivity contribution in [3.05, 3.63) is 29.3 Å². The molecule has 0 aliphatic carbocycles. The Labute approximate surface area is 107 Å². The van der Waals surface area contributed by atoms with Gasteiger partial charge in [-0.25, -0.2) is 13.1 Å². The Bertz CT molecular complexity index is 571. The molecule has 0 fully saturated rings. The smallest absolute Gasteiger partial charge is 0.249 e. The maximum Gasteiger partial charge on any atom is 0.249 e. The summed E-state index contributed by atoms with van der Waals surface area (Å²) in [6.45, 7) is 6.93. The molecule has 3 N–H and O–H groups in total. The van der Waals surface area contributed by atoms with E-state index in [1.165, 1.54) is 12.1 Å². The van der Waals surface area contributed by atoms with Gasteiger partial charge in [-0.15, -0.1) is 0 Å². The standard InChI is InChI=1S/C12H18N2O3S/c1-8-5-6-9(7-10(8)11(13)15)18(16,17)14-12(2,3)4/h5-7,14H,1-4H3,(H2,13,15). The van der Waals surface area contributed by atoms with Crippen molar-refractivity contribution >= 4 is 15.9 Å². The van der Waals surface area contributed by atoms with Crippen LogP contribution in [0.1, 0.15) is 36.7 Å². The van der Waals surface area contributed by atoms with Crippen LogP contribution in [-0.4, -0.2) is 19.9 Å². The summed E-state index contributed by atoms with van der Waals surface area (Å²) in [5.41, 5.74) is 5.48. The fraction of sp³-hybridized carbons (Fsp3) is 0.417. The highest BCUT2D eigenvalue weighted by Gasteiger charge is 2.23. The molecule has 0 unspecified atom stereocenters. The minimum atomic E-state index is -3.65. The number of carbonyl (C=O) groups excluding carboxylic acids is 1. The predicted molar refractivity (Wildman–Crippen MR) is 69.8 cm³/mol.